The molecule has 0 amide bonds. The molecule has 0 aliphatic carbocycles. The highest BCUT2D eigenvalue weighted by atomic mass is 35.5. The lowest BCUT2D eigenvalue weighted by atomic mass is 10.2. The van der Waals surface area contributed by atoms with Crippen molar-refractivity contribution < 1.29 is 19.1 Å². The van der Waals surface area contributed by atoms with Crippen LogP contribution < -0.4 is 0 Å². The highest BCUT2D eigenvalue weighted by molar-refractivity contribution is 6.41. The molecule has 1 unspecified atom stereocenters. The number of nitriles is 1. The van der Waals surface area contributed by atoms with E-state index < -0.39 is 17.9 Å². The Morgan fingerprint density at radius 2 is 2.00 bits per heavy atom. The van der Waals surface area contributed by atoms with Crippen LogP contribution in [0.3, 0.4) is 0 Å². The quantitative estimate of drug-likeness (QED) is 0.594. The van der Waals surface area contributed by atoms with E-state index in [2.05, 4.69) is 9.73 Å². The lowest BCUT2D eigenvalue weighted by Crippen LogP contribution is -2.15. The van der Waals surface area contributed by atoms with Crippen LogP contribution in [0, 0.1) is 17.2 Å². The normalized spacial score (nSPS) is 12.0. The molecule has 1 aromatic rings. The number of aliphatic imine (C=N–C) groups is 1. The van der Waals surface area contributed by atoms with Crippen LogP contribution in [0.15, 0.2) is 17.1 Å². The van der Waals surface area contributed by atoms with E-state index in [1.807, 2.05) is 0 Å². The Labute approximate surface area is 143 Å². The largest absolute Gasteiger partial charge is 0.468 e. The summed E-state index contributed by atoms with van der Waals surface area (Å²) in [6, 6.07) is 4.62. The first-order chi connectivity index (χ1) is 10.8. The second-order valence-electron chi connectivity index (χ2n) is 4.62. The molecule has 6 nitrogen and oxygen atoms in total. The molecule has 0 aliphatic heterocycles. The van der Waals surface area contributed by atoms with Crippen LogP contribution in [0.4, 0.5) is 5.69 Å². The van der Waals surface area contributed by atoms with Gasteiger partial charge in [-0.1, -0.05) is 23.2 Å². The summed E-state index contributed by atoms with van der Waals surface area (Å²) in [7, 11) is 1.16. The smallest absolute Gasteiger partial charge is 0.341 e. The summed E-state index contributed by atoms with van der Waals surface area (Å²) in [6.45, 7) is 3.38. The van der Waals surface area contributed by atoms with E-state index in [1.54, 1.807) is 19.9 Å². The number of benzene rings is 1. The van der Waals surface area contributed by atoms with Crippen LogP contribution in [-0.2, 0) is 14.3 Å². The third-order valence-electron chi connectivity index (χ3n) is 2.57. The lowest BCUT2D eigenvalue weighted by Gasteiger charge is -2.11. The highest BCUT2D eigenvalue weighted by Gasteiger charge is 2.21. The predicted octanol–water partition coefficient (Wildman–Crippen LogP) is 3.57. The molecule has 0 fully saturated rings. The third-order valence-corrected chi connectivity index (χ3v) is 3.27. The minimum absolute atomic E-state index is 0.0248. The van der Waals surface area contributed by atoms with Gasteiger partial charge in [0.05, 0.1) is 40.6 Å². The second kappa shape index (κ2) is 8.51. The number of carbonyl (C=O) groups is 2. The van der Waals surface area contributed by atoms with Crippen molar-refractivity contribution in [2.45, 2.75) is 20.0 Å². The number of esters is 2. The standard InChI is InChI=1S/C15H14Cl2N2O4/c1-8(2)23-15(21)12-10(16)4-5-11(13(12)17)19-7-9(6-18)14(20)22-3/h4-5,7-9H,1-3H3. The Bertz CT molecular complexity index is 681. The van der Waals surface area contributed by atoms with Crippen molar-refractivity contribution in [1.29, 1.82) is 5.26 Å². The van der Waals surface area contributed by atoms with Gasteiger partial charge in [-0.05, 0) is 26.0 Å². The van der Waals surface area contributed by atoms with E-state index in [0.29, 0.717) is 0 Å². The Morgan fingerprint density at radius 1 is 1.35 bits per heavy atom. The van der Waals surface area contributed by atoms with Gasteiger partial charge in [0.15, 0.2) is 5.92 Å². The van der Waals surface area contributed by atoms with Gasteiger partial charge < -0.3 is 9.47 Å². The fraction of sp³-hybridized carbons (Fsp3) is 0.333. The number of nitrogens with zero attached hydrogens (tertiary/aromatic N) is 2. The summed E-state index contributed by atoms with van der Waals surface area (Å²) in [4.78, 5) is 27.3. The number of methoxy groups -OCH3 is 1. The fourth-order valence-electron chi connectivity index (χ4n) is 1.53. The number of rotatable bonds is 5. The molecule has 0 saturated heterocycles. The van der Waals surface area contributed by atoms with Gasteiger partial charge in [-0.25, -0.2) is 4.79 Å². The minimum atomic E-state index is -1.18. The van der Waals surface area contributed by atoms with Crippen molar-refractivity contribution >= 4 is 47.0 Å². The Kier molecular flexibility index (Phi) is 7.01. The molecule has 0 saturated carbocycles. The molecule has 122 valence electrons. The molecule has 8 heteroatoms. The van der Waals surface area contributed by atoms with Crippen molar-refractivity contribution in [2.75, 3.05) is 7.11 Å². The van der Waals surface area contributed by atoms with Crippen molar-refractivity contribution in [3.63, 3.8) is 0 Å². The summed E-state index contributed by atoms with van der Waals surface area (Å²) in [6.07, 6.45) is 0.738. The molecule has 0 spiro atoms. The Hall–Kier alpha value is -2.10. The predicted molar refractivity (Wildman–Crippen MR) is 86.3 cm³/mol. The lowest BCUT2D eigenvalue weighted by molar-refractivity contribution is -0.141. The van der Waals surface area contributed by atoms with Gasteiger partial charge in [-0.3, -0.25) is 9.79 Å². The zero-order valence-electron chi connectivity index (χ0n) is 12.7. The second-order valence-corrected chi connectivity index (χ2v) is 5.40. The van der Waals surface area contributed by atoms with Gasteiger partial charge in [0.25, 0.3) is 0 Å². The maximum absolute atomic E-state index is 12.0. The minimum Gasteiger partial charge on any atom is -0.468 e. The van der Waals surface area contributed by atoms with Gasteiger partial charge in [0.2, 0.25) is 0 Å². The van der Waals surface area contributed by atoms with Crippen LogP contribution in [0.1, 0.15) is 24.2 Å². The molecule has 1 rings (SSSR count). The van der Waals surface area contributed by atoms with E-state index in [9.17, 15) is 9.59 Å². The van der Waals surface area contributed by atoms with Crippen molar-refractivity contribution in [3.8, 4) is 6.07 Å². The van der Waals surface area contributed by atoms with Crippen LogP contribution in [0.25, 0.3) is 0 Å². The van der Waals surface area contributed by atoms with Crippen LogP contribution >= 0.6 is 23.2 Å². The molecule has 23 heavy (non-hydrogen) atoms. The summed E-state index contributed by atoms with van der Waals surface area (Å²) in [5, 5.41) is 8.98. The molecular formula is C15H14Cl2N2O4. The van der Waals surface area contributed by atoms with Crippen molar-refractivity contribution in [3.05, 3.63) is 27.7 Å². The monoisotopic (exact) mass is 356 g/mol. The first kappa shape index (κ1) is 18.9. The summed E-state index contributed by atoms with van der Waals surface area (Å²) >= 11 is 12.1. The van der Waals surface area contributed by atoms with Crippen molar-refractivity contribution in [1.82, 2.24) is 0 Å². The number of hydrogen-bond donors (Lipinski definition) is 0. The number of halogens is 2. The maximum atomic E-state index is 12.0. The van der Waals surface area contributed by atoms with Gasteiger partial charge in [0, 0.05) is 6.21 Å². The molecule has 0 heterocycles. The molecule has 0 aromatic heterocycles. The van der Waals surface area contributed by atoms with E-state index in [1.165, 1.54) is 12.1 Å². The Balaban J connectivity index is 3.18. The van der Waals surface area contributed by atoms with E-state index >= 15 is 0 Å². The Morgan fingerprint density at radius 3 is 2.52 bits per heavy atom. The van der Waals surface area contributed by atoms with Gasteiger partial charge >= 0.3 is 11.9 Å². The summed E-state index contributed by atoms with van der Waals surface area (Å²) < 4.78 is 9.53. The number of carbonyl (C=O) groups excluding carboxylic acids is 2. The van der Waals surface area contributed by atoms with Crippen molar-refractivity contribution in [2.24, 2.45) is 10.9 Å². The third kappa shape index (κ3) is 4.95. The van der Waals surface area contributed by atoms with Crippen LogP contribution in [0.2, 0.25) is 10.0 Å². The van der Waals surface area contributed by atoms with Gasteiger partial charge in [-0.15, -0.1) is 0 Å². The molecule has 0 aliphatic rings. The summed E-state index contributed by atoms with van der Waals surface area (Å²) in [5.74, 6) is -2.62. The van der Waals surface area contributed by atoms with E-state index in [0.717, 1.165) is 13.3 Å². The topological polar surface area (TPSA) is 88.8 Å². The molecule has 1 aromatic carbocycles. The zero-order valence-corrected chi connectivity index (χ0v) is 14.2. The fourth-order valence-corrected chi connectivity index (χ4v) is 2.10. The zero-order chi connectivity index (χ0) is 17.6. The molecule has 0 radical (unpaired) electrons. The van der Waals surface area contributed by atoms with E-state index in [-0.39, 0.29) is 27.4 Å². The number of hydrogen-bond acceptors (Lipinski definition) is 6. The maximum Gasteiger partial charge on any atom is 0.341 e. The molecule has 0 N–H and O–H groups in total. The molecule has 1 atom stereocenters. The average Bonchev–Trinajstić information content (AvgIpc) is 2.48. The molecule has 0 bridgehead atoms. The highest BCUT2D eigenvalue weighted by Crippen LogP contribution is 2.34. The van der Waals surface area contributed by atoms with E-state index in [4.69, 9.17) is 33.2 Å². The van der Waals surface area contributed by atoms with Crippen LogP contribution in [0.5, 0.6) is 0 Å². The van der Waals surface area contributed by atoms with Gasteiger partial charge in [0.1, 0.15) is 0 Å². The molecular weight excluding hydrogens is 343 g/mol. The first-order valence-electron chi connectivity index (χ1n) is 6.52. The summed E-state index contributed by atoms with van der Waals surface area (Å²) in [5.41, 5.74) is 0.152. The number of ether oxygens (including phenoxy) is 2. The van der Waals surface area contributed by atoms with Gasteiger partial charge in [-0.2, -0.15) is 5.26 Å². The SMILES string of the molecule is COC(=O)C(C#N)C=Nc1ccc(Cl)c(C(=O)OC(C)C)c1Cl. The first-order valence-corrected chi connectivity index (χ1v) is 7.28. The average molecular weight is 357 g/mol. The van der Waals surface area contributed by atoms with Crippen LogP contribution in [-0.4, -0.2) is 31.4 Å².